The quantitative estimate of drug-likeness (QED) is 0.410. The van der Waals surface area contributed by atoms with E-state index < -0.39 is 17.7 Å². The molecule has 176 valence electrons. The fourth-order valence-electron chi connectivity index (χ4n) is 3.63. The van der Waals surface area contributed by atoms with Crippen LogP contribution in [-0.2, 0) is 11.0 Å². The third kappa shape index (κ3) is 11.8. The van der Waals surface area contributed by atoms with Crippen LogP contribution in [0.15, 0.2) is 54.6 Å². The zero-order valence-electron chi connectivity index (χ0n) is 19.0. The second-order valence-electron chi connectivity index (χ2n) is 8.02. The van der Waals surface area contributed by atoms with Gasteiger partial charge in [-0.25, -0.2) is 0 Å². The Morgan fingerprint density at radius 1 is 1.12 bits per heavy atom. The average molecular weight is 450 g/mol. The van der Waals surface area contributed by atoms with E-state index in [1.165, 1.54) is 63.7 Å². The van der Waals surface area contributed by atoms with E-state index in [1.807, 2.05) is 6.92 Å². The number of rotatable bonds is 2. The number of nitrogens with zero attached hydrogens (tertiary/aromatic N) is 1. The van der Waals surface area contributed by atoms with E-state index in [-0.39, 0.29) is 0 Å². The molecule has 2 unspecified atom stereocenters. The standard InChI is InChI=1S/C17H25N.C7H5F3.C2H4O2/c1-15(2)11-12-17(16-9-5-3-6-10-16)18-13-7-4-8-14-18;8-7(9,10)6-4-2-1-3-5-6;1-2(3)4/h3,5,16-17H,1,4,6-10,13-14H2,2H3;1-5H;1H3,(H,3,4). The zero-order valence-corrected chi connectivity index (χ0v) is 19.0. The maximum atomic E-state index is 11.8. The highest BCUT2D eigenvalue weighted by molar-refractivity contribution is 5.62. The number of carboxylic acid groups (broad SMARTS) is 1. The van der Waals surface area contributed by atoms with Crippen LogP contribution in [0.4, 0.5) is 13.2 Å². The number of aliphatic carboxylic acids is 1. The topological polar surface area (TPSA) is 40.5 Å². The summed E-state index contributed by atoms with van der Waals surface area (Å²) >= 11 is 0. The van der Waals surface area contributed by atoms with E-state index in [0.29, 0.717) is 6.04 Å². The van der Waals surface area contributed by atoms with Gasteiger partial charge in [0.15, 0.2) is 0 Å². The van der Waals surface area contributed by atoms with Gasteiger partial charge in [-0.2, -0.15) is 13.2 Å². The van der Waals surface area contributed by atoms with Crippen LogP contribution in [0.25, 0.3) is 0 Å². The number of allylic oxidation sites excluding steroid dienone is 3. The molecule has 32 heavy (non-hydrogen) atoms. The Balaban J connectivity index is 0.000000307. The van der Waals surface area contributed by atoms with E-state index in [2.05, 4.69) is 35.5 Å². The van der Waals surface area contributed by atoms with Gasteiger partial charge in [-0.1, -0.05) is 67.3 Å². The molecule has 1 aliphatic carbocycles. The summed E-state index contributed by atoms with van der Waals surface area (Å²) in [6, 6.07) is 6.81. The van der Waals surface area contributed by atoms with Crippen LogP contribution in [0.5, 0.6) is 0 Å². The minimum atomic E-state index is -4.21. The molecule has 0 spiro atoms. The van der Waals surface area contributed by atoms with Crippen molar-refractivity contribution in [1.82, 2.24) is 4.90 Å². The van der Waals surface area contributed by atoms with Crippen molar-refractivity contribution in [3.8, 4) is 11.8 Å². The molecule has 1 fully saturated rings. The van der Waals surface area contributed by atoms with Crippen LogP contribution in [0.2, 0.25) is 0 Å². The van der Waals surface area contributed by atoms with Crippen molar-refractivity contribution in [2.45, 2.75) is 64.6 Å². The van der Waals surface area contributed by atoms with Crippen molar-refractivity contribution in [3.05, 3.63) is 60.2 Å². The van der Waals surface area contributed by atoms with Gasteiger partial charge in [0, 0.05) is 6.92 Å². The first-order valence-corrected chi connectivity index (χ1v) is 11.0. The van der Waals surface area contributed by atoms with E-state index in [1.54, 1.807) is 6.07 Å². The Labute approximate surface area is 190 Å². The molecule has 1 saturated heterocycles. The molecular weight excluding hydrogens is 415 g/mol. The molecule has 0 saturated carbocycles. The van der Waals surface area contributed by atoms with E-state index in [0.717, 1.165) is 30.5 Å². The van der Waals surface area contributed by atoms with Crippen LogP contribution in [0, 0.1) is 17.8 Å². The molecule has 0 bridgehead atoms. The normalized spacial score (nSPS) is 19.1. The van der Waals surface area contributed by atoms with E-state index >= 15 is 0 Å². The maximum absolute atomic E-state index is 11.8. The lowest BCUT2D eigenvalue weighted by Crippen LogP contribution is -2.43. The van der Waals surface area contributed by atoms with Gasteiger partial charge in [0.2, 0.25) is 0 Å². The van der Waals surface area contributed by atoms with Crippen molar-refractivity contribution in [2.75, 3.05) is 13.1 Å². The SMILES string of the molecule is C=C(C)C#CC(C1CC=CCC1)N1CCCCC1.CC(=O)O.FC(F)(F)c1ccccc1. The van der Waals surface area contributed by atoms with Crippen LogP contribution in [0.3, 0.4) is 0 Å². The molecule has 1 N–H and O–H groups in total. The molecule has 6 heteroatoms. The lowest BCUT2D eigenvalue weighted by molar-refractivity contribution is -0.137. The summed E-state index contributed by atoms with van der Waals surface area (Å²) in [4.78, 5) is 11.6. The third-order valence-electron chi connectivity index (χ3n) is 5.07. The van der Waals surface area contributed by atoms with Crippen molar-refractivity contribution >= 4 is 5.97 Å². The van der Waals surface area contributed by atoms with Crippen molar-refractivity contribution in [2.24, 2.45) is 5.92 Å². The van der Waals surface area contributed by atoms with Crippen LogP contribution in [0.1, 0.15) is 57.9 Å². The smallest absolute Gasteiger partial charge is 0.416 e. The lowest BCUT2D eigenvalue weighted by Gasteiger charge is -2.36. The number of piperidine rings is 1. The Bertz CT molecular complexity index is 781. The predicted octanol–water partition coefficient (Wildman–Crippen LogP) is 6.57. The highest BCUT2D eigenvalue weighted by Crippen LogP contribution is 2.28. The molecule has 1 heterocycles. The second-order valence-corrected chi connectivity index (χ2v) is 8.02. The van der Waals surface area contributed by atoms with Gasteiger partial charge in [0.1, 0.15) is 0 Å². The Morgan fingerprint density at radius 3 is 2.16 bits per heavy atom. The summed E-state index contributed by atoms with van der Waals surface area (Å²) in [5, 5.41) is 7.42. The minimum Gasteiger partial charge on any atom is -0.481 e. The Morgan fingerprint density at radius 2 is 1.72 bits per heavy atom. The summed E-state index contributed by atoms with van der Waals surface area (Å²) < 4.78 is 35.4. The molecule has 1 aliphatic heterocycles. The molecular formula is C26H34F3NO2. The average Bonchev–Trinajstić information content (AvgIpc) is 2.75. The van der Waals surface area contributed by atoms with E-state index in [4.69, 9.17) is 9.90 Å². The highest BCUT2D eigenvalue weighted by atomic mass is 19.4. The fraction of sp³-hybridized carbons (Fsp3) is 0.500. The number of halogens is 3. The number of likely N-dealkylation sites (tertiary alicyclic amines) is 1. The number of carboxylic acids is 1. The minimum absolute atomic E-state index is 0.451. The van der Waals surface area contributed by atoms with Gasteiger partial charge in [-0.15, -0.1) is 0 Å². The van der Waals surface area contributed by atoms with Gasteiger partial charge >= 0.3 is 6.18 Å². The number of alkyl halides is 3. The van der Waals surface area contributed by atoms with Crippen molar-refractivity contribution in [3.63, 3.8) is 0 Å². The monoisotopic (exact) mass is 449 g/mol. The molecule has 1 aromatic rings. The molecule has 3 rings (SSSR count). The second kappa shape index (κ2) is 14.5. The van der Waals surface area contributed by atoms with Gasteiger partial charge in [-0.05, 0) is 63.6 Å². The summed E-state index contributed by atoms with van der Waals surface area (Å²) in [6.07, 6.45) is 8.24. The predicted molar refractivity (Wildman–Crippen MR) is 123 cm³/mol. The first-order chi connectivity index (χ1) is 15.1. The van der Waals surface area contributed by atoms with Crippen molar-refractivity contribution in [1.29, 1.82) is 0 Å². The van der Waals surface area contributed by atoms with Crippen molar-refractivity contribution < 1.29 is 23.1 Å². The van der Waals surface area contributed by atoms with Crippen LogP contribution in [-0.4, -0.2) is 35.1 Å². The van der Waals surface area contributed by atoms with Crippen LogP contribution < -0.4 is 0 Å². The maximum Gasteiger partial charge on any atom is 0.416 e. The van der Waals surface area contributed by atoms with Gasteiger partial charge < -0.3 is 5.11 Å². The van der Waals surface area contributed by atoms with Gasteiger partial charge in [0.25, 0.3) is 5.97 Å². The summed E-state index contributed by atoms with van der Waals surface area (Å²) in [5.74, 6) is 6.62. The first kappa shape index (κ1) is 27.5. The summed E-state index contributed by atoms with van der Waals surface area (Å²) in [6.45, 7) is 9.46. The number of hydrogen-bond donors (Lipinski definition) is 1. The lowest BCUT2D eigenvalue weighted by atomic mass is 9.86. The van der Waals surface area contributed by atoms with Gasteiger partial charge in [0.05, 0.1) is 11.6 Å². The summed E-state index contributed by atoms with van der Waals surface area (Å²) in [7, 11) is 0. The number of benzene rings is 1. The molecule has 2 atom stereocenters. The van der Waals surface area contributed by atoms with Crippen LogP contribution >= 0.6 is 0 Å². The molecule has 2 aliphatic rings. The highest BCUT2D eigenvalue weighted by Gasteiger charge is 2.29. The summed E-state index contributed by atoms with van der Waals surface area (Å²) in [5.41, 5.74) is 0.387. The molecule has 0 aromatic heterocycles. The Hall–Kier alpha value is -2.52. The van der Waals surface area contributed by atoms with E-state index in [9.17, 15) is 13.2 Å². The molecule has 1 aromatic carbocycles. The molecule has 0 amide bonds. The fourth-order valence-corrected chi connectivity index (χ4v) is 3.63. The number of carbonyl (C=O) groups is 1. The Kier molecular flexibility index (Phi) is 12.5. The molecule has 3 nitrogen and oxygen atoms in total. The molecule has 0 radical (unpaired) electrons. The largest absolute Gasteiger partial charge is 0.481 e. The third-order valence-corrected chi connectivity index (χ3v) is 5.07. The first-order valence-electron chi connectivity index (χ1n) is 11.0. The van der Waals surface area contributed by atoms with Gasteiger partial charge in [-0.3, -0.25) is 9.69 Å². The zero-order chi connectivity index (χ0) is 24.0. The number of hydrogen-bond acceptors (Lipinski definition) is 2.